The Hall–Kier alpha value is -0.0800. The SMILES string of the molecule is CC(C)CC(C)N(C)C1CC(C)(C)CCC1N. The largest absolute Gasteiger partial charge is 0.326 e. The summed E-state index contributed by atoms with van der Waals surface area (Å²) < 4.78 is 0. The van der Waals surface area contributed by atoms with Crippen LogP contribution in [0.25, 0.3) is 0 Å². The molecule has 0 spiro atoms. The summed E-state index contributed by atoms with van der Waals surface area (Å²) in [4.78, 5) is 2.53. The molecule has 0 aromatic heterocycles. The maximum absolute atomic E-state index is 6.33. The third-order valence-electron chi connectivity index (χ3n) is 4.44. The molecule has 0 bridgehead atoms. The molecular formula is C15H32N2. The fourth-order valence-electron chi connectivity index (χ4n) is 3.19. The fraction of sp³-hybridized carbons (Fsp3) is 1.00. The first-order valence-electron chi connectivity index (χ1n) is 7.20. The average molecular weight is 240 g/mol. The lowest BCUT2D eigenvalue weighted by molar-refractivity contribution is 0.0655. The predicted octanol–water partition coefficient (Wildman–Crippen LogP) is 3.26. The fourth-order valence-corrected chi connectivity index (χ4v) is 3.19. The molecule has 2 N–H and O–H groups in total. The van der Waals surface area contributed by atoms with Gasteiger partial charge in [0.15, 0.2) is 0 Å². The van der Waals surface area contributed by atoms with Crippen molar-refractivity contribution in [3.05, 3.63) is 0 Å². The number of hydrogen-bond donors (Lipinski definition) is 1. The highest BCUT2D eigenvalue weighted by Gasteiger charge is 2.36. The summed E-state index contributed by atoms with van der Waals surface area (Å²) in [6, 6.07) is 1.56. The molecule has 1 saturated carbocycles. The van der Waals surface area contributed by atoms with Crippen molar-refractivity contribution in [1.29, 1.82) is 0 Å². The number of likely N-dealkylation sites (N-methyl/N-ethyl adjacent to an activating group) is 1. The van der Waals surface area contributed by atoms with Gasteiger partial charge in [0.1, 0.15) is 0 Å². The normalized spacial score (nSPS) is 30.9. The third kappa shape index (κ3) is 4.26. The van der Waals surface area contributed by atoms with Gasteiger partial charge in [-0.15, -0.1) is 0 Å². The Morgan fingerprint density at radius 1 is 1.29 bits per heavy atom. The molecule has 1 aliphatic rings. The summed E-state index contributed by atoms with van der Waals surface area (Å²) in [6.45, 7) is 11.7. The van der Waals surface area contributed by atoms with Crippen LogP contribution >= 0.6 is 0 Å². The minimum Gasteiger partial charge on any atom is -0.326 e. The lowest BCUT2D eigenvalue weighted by atomic mass is 9.72. The third-order valence-corrected chi connectivity index (χ3v) is 4.44. The summed E-state index contributed by atoms with van der Waals surface area (Å²) >= 11 is 0. The summed E-state index contributed by atoms with van der Waals surface area (Å²) in [7, 11) is 2.26. The van der Waals surface area contributed by atoms with Crippen LogP contribution in [-0.2, 0) is 0 Å². The van der Waals surface area contributed by atoms with Gasteiger partial charge in [0.05, 0.1) is 0 Å². The summed E-state index contributed by atoms with van der Waals surface area (Å²) in [5, 5.41) is 0. The second kappa shape index (κ2) is 5.71. The van der Waals surface area contributed by atoms with Crippen LogP contribution in [0.3, 0.4) is 0 Å². The van der Waals surface area contributed by atoms with Crippen molar-refractivity contribution in [3.8, 4) is 0 Å². The van der Waals surface area contributed by atoms with Crippen LogP contribution in [-0.4, -0.2) is 30.1 Å². The minimum absolute atomic E-state index is 0.364. The Labute approximate surface area is 108 Å². The zero-order valence-electron chi connectivity index (χ0n) is 12.7. The van der Waals surface area contributed by atoms with E-state index in [1.165, 1.54) is 25.7 Å². The molecule has 3 atom stereocenters. The number of nitrogens with two attached hydrogens (primary N) is 1. The molecule has 1 rings (SSSR count). The van der Waals surface area contributed by atoms with Crippen molar-refractivity contribution in [2.24, 2.45) is 17.1 Å². The van der Waals surface area contributed by atoms with E-state index in [-0.39, 0.29) is 0 Å². The molecule has 1 aliphatic carbocycles. The first-order valence-corrected chi connectivity index (χ1v) is 7.20. The van der Waals surface area contributed by atoms with Crippen molar-refractivity contribution in [1.82, 2.24) is 4.90 Å². The summed E-state index contributed by atoms with van der Waals surface area (Å²) in [5.74, 6) is 0.764. The van der Waals surface area contributed by atoms with Crippen molar-refractivity contribution < 1.29 is 0 Å². The lowest BCUT2D eigenvalue weighted by Crippen LogP contribution is -2.54. The zero-order valence-corrected chi connectivity index (χ0v) is 12.7. The van der Waals surface area contributed by atoms with Crippen molar-refractivity contribution >= 4 is 0 Å². The maximum Gasteiger partial charge on any atom is 0.0252 e. The van der Waals surface area contributed by atoms with E-state index in [9.17, 15) is 0 Å². The van der Waals surface area contributed by atoms with Gasteiger partial charge in [0, 0.05) is 18.1 Å². The molecule has 0 aromatic rings. The molecule has 1 fully saturated rings. The van der Waals surface area contributed by atoms with Gasteiger partial charge >= 0.3 is 0 Å². The molecule has 0 radical (unpaired) electrons. The molecule has 0 amide bonds. The highest BCUT2D eigenvalue weighted by molar-refractivity contribution is 4.93. The van der Waals surface area contributed by atoms with Gasteiger partial charge in [-0.2, -0.15) is 0 Å². The van der Waals surface area contributed by atoms with Crippen molar-refractivity contribution in [3.63, 3.8) is 0 Å². The van der Waals surface area contributed by atoms with E-state index in [4.69, 9.17) is 5.73 Å². The van der Waals surface area contributed by atoms with Crippen molar-refractivity contribution in [2.45, 2.75) is 78.4 Å². The molecule has 0 saturated heterocycles. The smallest absolute Gasteiger partial charge is 0.0252 e. The number of hydrogen-bond acceptors (Lipinski definition) is 2. The molecule has 0 heterocycles. The van der Waals surface area contributed by atoms with Crippen molar-refractivity contribution in [2.75, 3.05) is 7.05 Å². The predicted molar refractivity (Wildman–Crippen MR) is 76.1 cm³/mol. The van der Waals surface area contributed by atoms with Crippen LogP contribution in [0.2, 0.25) is 0 Å². The molecule has 2 nitrogen and oxygen atoms in total. The summed E-state index contributed by atoms with van der Waals surface area (Å²) in [6.07, 6.45) is 4.96. The topological polar surface area (TPSA) is 29.3 Å². The van der Waals surface area contributed by atoms with Crippen LogP contribution in [0.5, 0.6) is 0 Å². The van der Waals surface area contributed by atoms with Crippen LogP contribution in [0.1, 0.15) is 60.3 Å². The van der Waals surface area contributed by atoms with Gasteiger partial charge in [0.2, 0.25) is 0 Å². The Morgan fingerprint density at radius 3 is 2.41 bits per heavy atom. The Bertz CT molecular complexity index is 235. The molecule has 17 heavy (non-hydrogen) atoms. The van der Waals surface area contributed by atoms with E-state index in [0.717, 1.165) is 5.92 Å². The van der Waals surface area contributed by atoms with Gasteiger partial charge in [-0.05, 0) is 51.0 Å². The van der Waals surface area contributed by atoms with E-state index in [0.29, 0.717) is 23.5 Å². The quantitative estimate of drug-likeness (QED) is 0.817. The molecule has 3 unspecified atom stereocenters. The first kappa shape index (κ1) is 15.0. The second-order valence-corrected chi connectivity index (χ2v) is 7.28. The lowest BCUT2D eigenvalue weighted by Gasteiger charge is -2.45. The molecule has 0 aromatic carbocycles. The standard InChI is InChI=1S/C15H32N2/c1-11(2)9-12(3)17(6)14-10-15(4,5)8-7-13(14)16/h11-14H,7-10,16H2,1-6H3. The minimum atomic E-state index is 0.364. The van der Waals surface area contributed by atoms with E-state index in [1.807, 2.05) is 0 Å². The Balaban J connectivity index is 2.62. The van der Waals surface area contributed by atoms with Crippen LogP contribution in [0.4, 0.5) is 0 Å². The molecule has 0 aliphatic heterocycles. The number of rotatable bonds is 4. The molecular weight excluding hydrogens is 208 g/mol. The van der Waals surface area contributed by atoms with E-state index in [1.54, 1.807) is 0 Å². The highest BCUT2D eigenvalue weighted by Crippen LogP contribution is 2.37. The van der Waals surface area contributed by atoms with Crippen LogP contribution in [0, 0.1) is 11.3 Å². The molecule has 2 heteroatoms. The van der Waals surface area contributed by atoms with Crippen LogP contribution < -0.4 is 5.73 Å². The van der Waals surface area contributed by atoms with Crippen LogP contribution in [0.15, 0.2) is 0 Å². The number of nitrogens with zero attached hydrogens (tertiary/aromatic N) is 1. The first-order chi connectivity index (χ1) is 7.73. The van der Waals surface area contributed by atoms with E-state index in [2.05, 4.69) is 46.6 Å². The maximum atomic E-state index is 6.33. The Kier molecular flexibility index (Phi) is 5.03. The van der Waals surface area contributed by atoms with Gasteiger partial charge in [-0.25, -0.2) is 0 Å². The summed E-state index contributed by atoms with van der Waals surface area (Å²) in [5.41, 5.74) is 6.79. The van der Waals surface area contributed by atoms with Gasteiger partial charge < -0.3 is 5.73 Å². The zero-order chi connectivity index (χ0) is 13.2. The van der Waals surface area contributed by atoms with E-state index < -0.39 is 0 Å². The molecule has 102 valence electrons. The van der Waals surface area contributed by atoms with Gasteiger partial charge in [-0.1, -0.05) is 27.7 Å². The van der Waals surface area contributed by atoms with E-state index >= 15 is 0 Å². The van der Waals surface area contributed by atoms with Gasteiger partial charge in [0.25, 0.3) is 0 Å². The van der Waals surface area contributed by atoms with Gasteiger partial charge in [-0.3, -0.25) is 4.90 Å². The Morgan fingerprint density at radius 2 is 1.88 bits per heavy atom. The average Bonchev–Trinajstić information content (AvgIpc) is 2.19. The highest BCUT2D eigenvalue weighted by atomic mass is 15.2. The second-order valence-electron chi connectivity index (χ2n) is 7.28. The monoisotopic (exact) mass is 240 g/mol.